The van der Waals surface area contributed by atoms with Gasteiger partial charge in [-0.1, -0.05) is 103 Å². The molecule has 0 aromatic heterocycles. The monoisotopic (exact) mass is 1100 g/mol. The maximum atomic E-state index is 14.8. The molecule has 9 atom stereocenters. The second-order valence-electron chi connectivity index (χ2n) is 21.8. The highest BCUT2D eigenvalue weighted by atomic mass is 16.3. The van der Waals surface area contributed by atoms with Crippen LogP contribution in [0, 0.1) is 29.1 Å². The standard InChI is InChI=1S/C56H96N12O10/c1-6-7-8-9-13-18-40(69)34-50(72)63-42(21-25-57)47(70)32-38-24-28-62-53(75)45(29-35(2)3)68-55(77)44(23-27-59)65-54(76)43(22-26-58)66-56(78)46(30-36(4)5)67-52(74)39(31-37-16-11-10-12-17-37)33-48(71)41(64-51(38)73)19-14-15-20-49(60)61/h10-12,16-17,35-36,38-46,69H,6-9,13-15,18-34,57-59H2,1-5H3,(H3,60,61)(H,62,75)(H,63,72)(H,64,73)(H,65,76)(H,66,78)(H,67,74)(H,68,77)/t38-,39+,40-,41+,42-,43+,44+,45+,46+/m1/s1. The number of Topliss-reactive ketones (excluding diaryl/α,β-unsaturated/α-hetero) is 2. The van der Waals surface area contributed by atoms with Crippen LogP contribution in [0.5, 0.6) is 0 Å². The molecule has 0 bridgehead atoms. The number of carbonyl (C=O) groups is 9. The topological polar surface area (TPSA) is 386 Å². The first-order chi connectivity index (χ1) is 37.1. The molecule has 0 saturated carbocycles. The lowest BCUT2D eigenvalue weighted by Gasteiger charge is -2.28. The van der Waals surface area contributed by atoms with Crippen molar-refractivity contribution in [1.29, 1.82) is 5.41 Å². The maximum absolute atomic E-state index is 14.8. The van der Waals surface area contributed by atoms with Gasteiger partial charge in [0, 0.05) is 37.6 Å². The summed E-state index contributed by atoms with van der Waals surface area (Å²) in [5.74, 6) is -8.46. The summed E-state index contributed by atoms with van der Waals surface area (Å²) < 4.78 is 0. The highest BCUT2D eigenvalue weighted by Crippen LogP contribution is 2.21. The molecule has 1 aromatic rings. The first-order valence-electron chi connectivity index (χ1n) is 28.4. The number of benzene rings is 1. The van der Waals surface area contributed by atoms with Crippen molar-refractivity contribution in [1.82, 2.24) is 37.2 Å². The second kappa shape index (κ2) is 37.9. The molecule has 0 spiro atoms. The van der Waals surface area contributed by atoms with E-state index < -0.39 is 120 Å². The van der Waals surface area contributed by atoms with Crippen molar-refractivity contribution in [2.75, 3.05) is 26.2 Å². The maximum Gasteiger partial charge on any atom is 0.243 e. The van der Waals surface area contributed by atoms with E-state index in [1.807, 2.05) is 27.7 Å². The Bertz CT molecular complexity index is 2060. The van der Waals surface area contributed by atoms with Gasteiger partial charge in [0.25, 0.3) is 0 Å². The van der Waals surface area contributed by atoms with Gasteiger partial charge >= 0.3 is 0 Å². The molecule has 1 fully saturated rings. The molecule has 22 heteroatoms. The van der Waals surface area contributed by atoms with Crippen LogP contribution in [0.3, 0.4) is 0 Å². The summed E-state index contributed by atoms with van der Waals surface area (Å²) in [4.78, 5) is 128. The summed E-state index contributed by atoms with van der Waals surface area (Å²) in [5, 5.41) is 37.8. The zero-order valence-electron chi connectivity index (χ0n) is 47.1. The lowest BCUT2D eigenvalue weighted by atomic mass is 9.88. The number of unbranched alkanes of at least 4 members (excludes halogenated alkanes) is 5. The fourth-order valence-corrected chi connectivity index (χ4v) is 9.43. The van der Waals surface area contributed by atoms with Crippen LogP contribution in [0.15, 0.2) is 30.3 Å². The van der Waals surface area contributed by atoms with Gasteiger partial charge in [0.05, 0.1) is 30.4 Å². The van der Waals surface area contributed by atoms with E-state index in [-0.39, 0.29) is 108 Å². The number of ketones is 2. The molecule has 1 aliphatic heterocycles. The predicted molar refractivity (Wildman–Crippen MR) is 300 cm³/mol. The summed E-state index contributed by atoms with van der Waals surface area (Å²) in [6.45, 7) is 9.21. The van der Waals surface area contributed by atoms with Crippen LogP contribution in [-0.2, 0) is 49.6 Å². The zero-order chi connectivity index (χ0) is 58.2. The van der Waals surface area contributed by atoms with Gasteiger partial charge in [-0.15, -0.1) is 0 Å². The summed E-state index contributed by atoms with van der Waals surface area (Å²) in [5.41, 5.74) is 24.1. The number of rotatable bonds is 29. The highest BCUT2D eigenvalue weighted by molar-refractivity contribution is 5.98. The number of carbonyl (C=O) groups excluding carboxylic acids is 9. The molecule has 1 aromatic carbocycles. The number of amides is 7. The van der Waals surface area contributed by atoms with E-state index in [2.05, 4.69) is 44.1 Å². The number of nitrogens with one attached hydrogen (secondary N) is 8. The summed E-state index contributed by atoms with van der Waals surface area (Å²) >= 11 is 0. The van der Waals surface area contributed by atoms with Crippen LogP contribution in [-0.4, -0.2) is 132 Å². The van der Waals surface area contributed by atoms with Gasteiger partial charge in [-0.25, -0.2) is 0 Å². The number of amidine groups is 1. The number of hydrogen-bond donors (Lipinski definition) is 13. The Labute approximate surface area is 462 Å². The molecule has 2 rings (SSSR count). The number of nitrogens with two attached hydrogens (primary N) is 4. The first-order valence-corrected chi connectivity index (χ1v) is 28.4. The van der Waals surface area contributed by atoms with Gasteiger partial charge < -0.3 is 65.3 Å². The summed E-state index contributed by atoms with van der Waals surface area (Å²) in [6, 6.07) is 1.75. The Kier molecular flexibility index (Phi) is 33.2. The Morgan fingerprint density at radius 3 is 1.76 bits per heavy atom. The minimum Gasteiger partial charge on any atom is -0.393 e. The van der Waals surface area contributed by atoms with Gasteiger partial charge in [-0.2, -0.15) is 0 Å². The van der Waals surface area contributed by atoms with Crippen LogP contribution in [0.1, 0.15) is 162 Å². The van der Waals surface area contributed by atoms with Gasteiger partial charge in [0.2, 0.25) is 41.4 Å². The lowest BCUT2D eigenvalue weighted by molar-refractivity contribution is -0.136. The van der Waals surface area contributed by atoms with E-state index in [4.69, 9.17) is 28.3 Å². The summed E-state index contributed by atoms with van der Waals surface area (Å²) in [7, 11) is 0. The van der Waals surface area contributed by atoms with Gasteiger partial charge in [0.15, 0.2) is 11.6 Å². The van der Waals surface area contributed by atoms with Crippen molar-refractivity contribution in [2.24, 2.45) is 46.6 Å². The van der Waals surface area contributed by atoms with E-state index in [1.165, 1.54) is 0 Å². The van der Waals surface area contributed by atoms with Crippen molar-refractivity contribution in [3.8, 4) is 0 Å². The molecular formula is C56H96N12O10. The largest absolute Gasteiger partial charge is 0.393 e. The van der Waals surface area contributed by atoms with Crippen molar-refractivity contribution < 1.29 is 48.3 Å². The van der Waals surface area contributed by atoms with E-state index in [0.29, 0.717) is 24.8 Å². The van der Waals surface area contributed by atoms with Crippen LogP contribution in [0.4, 0.5) is 0 Å². The lowest BCUT2D eigenvalue weighted by Crippen LogP contribution is -2.59. The fraction of sp³-hybridized carbons (Fsp3) is 0.714. The Morgan fingerprint density at radius 2 is 1.19 bits per heavy atom. The predicted octanol–water partition coefficient (Wildman–Crippen LogP) is 1.56. The quantitative estimate of drug-likeness (QED) is 0.0308. The normalized spacial score (nSPS) is 22.6. The molecule has 78 heavy (non-hydrogen) atoms. The molecule has 7 amide bonds. The average molecular weight is 1100 g/mol. The van der Waals surface area contributed by atoms with Gasteiger partial charge in [-0.05, 0) is 101 Å². The first kappa shape index (κ1) is 68.3. The minimum atomic E-state index is -1.25. The Hall–Kier alpha value is -5.84. The molecule has 1 heterocycles. The third-order valence-electron chi connectivity index (χ3n) is 13.7. The smallest absolute Gasteiger partial charge is 0.243 e. The minimum absolute atomic E-state index is 0.00585. The molecule has 0 unspecified atom stereocenters. The van der Waals surface area contributed by atoms with Crippen molar-refractivity contribution >= 4 is 58.8 Å². The molecule has 0 aliphatic carbocycles. The zero-order valence-corrected chi connectivity index (χ0v) is 47.1. The number of aliphatic hydroxyl groups is 1. The van der Waals surface area contributed by atoms with Crippen molar-refractivity contribution in [3.05, 3.63) is 35.9 Å². The summed E-state index contributed by atoms with van der Waals surface area (Å²) in [6.07, 6.45) is 4.27. The second-order valence-corrected chi connectivity index (χ2v) is 21.8. The SMILES string of the molecule is CCCCCCC[C@@H](O)CC(=O)N[C@H](CCN)C(=O)C[C@H]1CCNC(=O)[C@H](CC(C)C)NC(=O)[C@H](CCN)NC(=O)[C@H](CCN)NC(=O)[C@H](CC(C)C)NC(=O)[C@@H](Cc2ccccc2)CC(=O)[C@H](CCCCC(=N)N)NC1=O. The van der Waals surface area contributed by atoms with Crippen LogP contribution >= 0.6 is 0 Å². The van der Waals surface area contributed by atoms with Gasteiger partial charge in [-0.3, -0.25) is 48.6 Å². The van der Waals surface area contributed by atoms with E-state index >= 15 is 0 Å². The highest BCUT2D eigenvalue weighted by Gasteiger charge is 2.36. The van der Waals surface area contributed by atoms with Gasteiger partial charge in [0.1, 0.15) is 24.2 Å². The third kappa shape index (κ3) is 27.2. The van der Waals surface area contributed by atoms with Crippen LogP contribution in [0.2, 0.25) is 0 Å². The van der Waals surface area contributed by atoms with Crippen molar-refractivity contribution in [2.45, 2.75) is 205 Å². The molecule has 17 N–H and O–H groups in total. The number of hydrogen-bond acceptors (Lipinski definition) is 14. The molecular weight excluding hydrogens is 1000 g/mol. The average Bonchev–Trinajstić information content (AvgIpc) is 3.37. The fourth-order valence-electron chi connectivity index (χ4n) is 9.43. The molecule has 22 nitrogen and oxygen atoms in total. The van der Waals surface area contributed by atoms with E-state index in [0.717, 1.165) is 32.1 Å². The molecule has 440 valence electrons. The molecule has 0 radical (unpaired) electrons. The number of aliphatic hydroxyl groups excluding tert-OH is 1. The van der Waals surface area contributed by atoms with Crippen LogP contribution in [0.25, 0.3) is 0 Å². The van der Waals surface area contributed by atoms with E-state index in [9.17, 15) is 48.3 Å². The molecule has 1 saturated heterocycles. The Morgan fingerprint density at radius 1 is 0.654 bits per heavy atom. The van der Waals surface area contributed by atoms with Crippen molar-refractivity contribution in [3.63, 3.8) is 0 Å². The third-order valence-corrected chi connectivity index (χ3v) is 13.7. The molecule has 1 aliphatic rings. The van der Waals surface area contributed by atoms with E-state index in [1.54, 1.807) is 30.3 Å². The van der Waals surface area contributed by atoms with Crippen LogP contribution < -0.4 is 60.2 Å². The Balaban J connectivity index is 2.76.